The fourth-order valence-corrected chi connectivity index (χ4v) is 6.49. The number of ether oxygens (including phenoxy) is 5. The van der Waals surface area contributed by atoms with Crippen molar-refractivity contribution in [1.29, 1.82) is 5.26 Å². The molecule has 4 aliphatic rings. The largest absolute Gasteiger partial charge is 0.479 e. The van der Waals surface area contributed by atoms with Crippen molar-refractivity contribution in [2.45, 2.75) is 182 Å². The van der Waals surface area contributed by atoms with Gasteiger partial charge < -0.3 is 33.6 Å². The molecule has 1 N–H and O–H groups in total. The second-order valence-electron chi connectivity index (χ2n) is 14.4. The summed E-state index contributed by atoms with van der Waals surface area (Å²) in [5, 5.41) is 17.2. The molecule has 4 saturated heterocycles. The average Bonchev–Trinajstić information content (AvgIpc) is 3.14. The van der Waals surface area contributed by atoms with E-state index in [1.54, 1.807) is 0 Å². The van der Waals surface area contributed by atoms with E-state index in [0.717, 1.165) is 83.7 Å². The lowest BCUT2D eigenvalue weighted by Gasteiger charge is -2.27. The molecule has 0 saturated carbocycles. The molecule has 0 radical (unpaired) electrons. The maximum Gasteiger partial charge on any atom is 0.332 e. The number of carbonyl (C=O) groups excluding carboxylic acids is 3. The molecule has 0 spiro atoms. The summed E-state index contributed by atoms with van der Waals surface area (Å²) in [7, 11) is 0. The predicted molar refractivity (Wildman–Crippen MR) is 201 cm³/mol. The van der Waals surface area contributed by atoms with Gasteiger partial charge in [0.2, 0.25) is 6.29 Å². The molecule has 0 bridgehead atoms. The van der Waals surface area contributed by atoms with Gasteiger partial charge in [-0.2, -0.15) is 5.26 Å². The van der Waals surface area contributed by atoms with E-state index in [9.17, 15) is 19.2 Å². The Hall–Kier alpha value is -2.55. The summed E-state index contributed by atoms with van der Waals surface area (Å²) in [6.07, 6.45) is 19.9. The summed E-state index contributed by atoms with van der Waals surface area (Å²) < 4.78 is 25.8. The molecule has 7 atom stereocenters. The fraction of sp³-hybridized carbons (Fsp3) is 0.878. The number of carbonyl (C=O) groups is 4. The van der Waals surface area contributed by atoms with Gasteiger partial charge in [0.15, 0.2) is 6.10 Å². The van der Waals surface area contributed by atoms with Gasteiger partial charge in [-0.3, -0.25) is 9.59 Å². The van der Waals surface area contributed by atoms with Crippen LogP contribution in [0.2, 0.25) is 0 Å². The lowest BCUT2D eigenvalue weighted by Crippen LogP contribution is -2.31. The number of unbranched alkanes of at least 4 members (excludes halogenated alkanes) is 2. The highest BCUT2D eigenvalue weighted by molar-refractivity contribution is 5.72. The molecule has 0 aromatic carbocycles. The molecule has 0 aliphatic carbocycles. The highest BCUT2D eigenvalue weighted by Gasteiger charge is 2.26. The minimum absolute atomic E-state index is 0.0210. The molecule has 302 valence electrons. The number of hydrogen-bond acceptors (Lipinski definition) is 10. The Bertz CT molecular complexity index is 936. The van der Waals surface area contributed by atoms with E-state index < -0.39 is 12.1 Å². The van der Waals surface area contributed by atoms with Crippen LogP contribution in [0.25, 0.3) is 0 Å². The number of rotatable bonds is 13. The molecular weight excluding hydrogens is 666 g/mol. The highest BCUT2D eigenvalue weighted by atomic mass is 16.7. The first-order valence-electron chi connectivity index (χ1n) is 20.3. The van der Waals surface area contributed by atoms with Crippen molar-refractivity contribution < 1.29 is 48.0 Å². The van der Waals surface area contributed by atoms with Gasteiger partial charge in [-0.15, -0.1) is 0 Å². The first kappa shape index (κ1) is 49.5. The maximum absolute atomic E-state index is 10.6. The van der Waals surface area contributed by atoms with E-state index in [2.05, 4.69) is 40.7 Å². The normalized spacial score (nSPS) is 26.6. The summed E-state index contributed by atoms with van der Waals surface area (Å²) in [4.78, 5) is 41.3. The fourth-order valence-electron chi connectivity index (χ4n) is 6.49. The first-order valence-corrected chi connectivity index (χ1v) is 20.3. The molecule has 52 heavy (non-hydrogen) atoms. The molecule has 0 amide bonds. The van der Waals surface area contributed by atoms with Crippen LogP contribution >= 0.6 is 0 Å². The van der Waals surface area contributed by atoms with Gasteiger partial charge in [0.05, 0.1) is 32.5 Å². The van der Waals surface area contributed by atoms with Gasteiger partial charge >= 0.3 is 17.9 Å². The molecule has 11 heteroatoms. The molecule has 11 nitrogen and oxygen atoms in total. The number of carboxylic acids is 1. The van der Waals surface area contributed by atoms with Crippen LogP contribution in [0, 0.1) is 35.0 Å². The molecule has 4 fully saturated rings. The Morgan fingerprint density at radius 2 is 1.27 bits per heavy atom. The van der Waals surface area contributed by atoms with E-state index in [1.165, 1.54) is 51.9 Å². The number of cyclic esters (lactones) is 1. The SMILES string of the molecule is CCCC1CCC(=O)OC1.CCCC1CCC(C#N)OC1.CCCC1CCC(C(=O)O)OC1.CCCC1CCC(OC(C)=O)OC1.CCCCC=O. The molecular formula is C41H73NO10. The second-order valence-corrected chi connectivity index (χ2v) is 14.4. The van der Waals surface area contributed by atoms with Crippen LogP contribution in [0.15, 0.2) is 0 Å². The lowest BCUT2D eigenvalue weighted by molar-refractivity contribution is -0.190. The minimum Gasteiger partial charge on any atom is -0.479 e. The van der Waals surface area contributed by atoms with E-state index >= 15 is 0 Å². The molecule has 7 unspecified atom stereocenters. The summed E-state index contributed by atoms with van der Waals surface area (Å²) in [6.45, 7) is 15.0. The van der Waals surface area contributed by atoms with Crippen molar-refractivity contribution in [3.63, 3.8) is 0 Å². The van der Waals surface area contributed by atoms with Crippen molar-refractivity contribution in [3.05, 3.63) is 0 Å². The minimum atomic E-state index is -0.815. The Morgan fingerprint density at radius 3 is 1.60 bits per heavy atom. The lowest BCUT2D eigenvalue weighted by atomic mass is 9.94. The third kappa shape index (κ3) is 26.3. The molecule has 0 aromatic rings. The zero-order valence-corrected chi connectivity index (χ0v) is 33.5. The molecule has 4 aliphatic heterocycles. The highest BCUT2D eigenvalue weighted by Crippen LogP contribution is 2.24. The van der Waals surface area contributed by atoms with E-state index in [0.29, 0.717) is 49.7 Å². The van der Waals surface area contributed by atoms with Gasteiger partial charge in [-0.05, 0) is 94.3 Å². The quantitative estimate of drug-likeness (QED) is 0.109. The Morgan fingerprint density at radius 1 is 0.750 bits per heavy atom. The van der Waals surface area contributed by atoms with Crippen LogP contribution in [0.4, 0.5) is 0 Å². The average molecular weight is 740 g/mol. The van der Waals surface area contributed by atoms with Crippen LogP contribution < -0.4 is 0 Å². The zero-order chi connectivity index (χ0) is 39.0. The summed E-state index contributed by atoms with van der Waals surface area (Å²) in [5.41, 5.74) is 0. The molecule has 0 aromatic heterocycles. The van der Waals surface area contributed by atoms with Gasteiger partial charge in [-0.1, -0.05) is 66.7 Å². The smallest absolute Gasteiger partial charge is 0.332 e. The number of aldehydes is 1. The van der Waals surface area contributed by atoms with E-state index in [4.69, 9.17) is 34.1 Å². The molecule has 4 heterocycles. The van der Waals surface area contributed by atoms with Crippen molar-refractivity contribution in [2.24, 2.45) is 23.7 Å². The van der Waals surface area contributed by atoms with Crippen LogP contribution in [0.3, 0.4) is 0 Å². The van der Waals surface area contributed by atoms with Crippen molar-refractivity contribution >= 4 is 24.2 Å². The topological polar surface area (TPSA) is 158 Å². The van der Waals surface area contributed by atoms with Crippen molar-refractivity contribution in [3.8, 4) is 6.07 Å². The first-order chi connectivity index (χ1) is 25.1. The van der Waals surface area contributed by atoms with Crippen molar-refractivity contribution in [1.82, 2.24) is 0 Å². The van der Waals surface area contributed by atoms with Gasteiger partial charge in [-0.25, -0.2) is 4.79 Å². The Labute approximate surface area is 315 Å². The van der Waals surface area contributed by atoms with E-state index in [1.807, 2.05) is 0 Å². The summed E-state index contributed by atoms with van der Waals surface area (Å²) in [6, 6.07) is 2.14. The number of nitriles is 1. The van der Waals surface area contributed by atoms with E-state index in [-0.39, 0.29) is 24.3 Å². The second kappa shape index (κ2) is 33.1. The summed E-state index contributed by atoms with van der Waals surface area (Å²) >= 11 is 0. The number of esters is 2. The van der Waals surface area contributed by atoms with Crippen LogP contribution in [0.1, 0.15) is 164 Å². The van der Waals surface area contributed by atoms with Crippen LogP contribution in [0.5, 0.6) is 0 Å². The van der Waals surface area contributed by atoms with Crippen molar-refractivity contribution in [2.75, 3.05) is 26.4 Å². The Balaban J connectivity index is 0.000000637. The maximum atomic E-state index is 10.6. The number of hydrogen-bond donors (Lipinski definition) is 1. The molecule has 4 rings (SSSR count). The zero-order valence-electron chi connectivity index (χ0n) is 33.5. The van der Waals surface area contributed by atoms with Gasteiger partial charge in [0.25, 0.3) is 0 Å². The van der Waals surface area contributed by atoms with Crippen LogP contribution in [-0.2, 0) is 42.9 Å². The monoisotopic (exact) mass is 740 g/mol. The third-order valence-electron chi connectivity index (χ3n) is 9.49. The van der Waals surface area contributed by atoms with Gasteiger partial charge in [0.1, 0.15) is 12.4 Å². The number of carboxylic acid groups (broad SMARTS) is 1. The Kier molecular flexibility index (Phi) is 31.4. The summed E-state index contributed by atoms with van der Waals surface area (Å²) in [5.74, 6) is 1.52. The standard InChI is InChI=1S/C10H18O3.C9H15NO.C9H16O3.C8H14O2.C5H10O/c1-3-4-9-5-6-10(12-7-9)13-8(2)11;1-2-3-8-4-5-9(6-10)11-7-8;1-2-3-7-4-5-8(9(10)11)12-6-7;1-2-3-7-4-5-8(9)10-6-7;1-2-3-4-5-6/h9-10H,3-7H2,1-2H3;8-9H,2-5,7H2,1H3;7-8H,2-6H2,1H3,(H,10,11);7H,2-6H2,1H3;5H,2-4H2,1H3. The number of aliphatic carboxylic acids is 1. The number of nitrogens with zero attached hydrogens (tertiary/aromatic N) is 1. The predicted octanol–water partition coefficient (Wildman–Crippen LogP) is 8.99. The van der Waals surface area contributed by atoms with Gasteiger partial charge in [0, 0.05) is 26.2 Å². The van der Waals surface area contributed by atoms with Crippen LogP contribution in [-0.4, -0.2) is 74.2 Å². The third-order valence-corrected chi connectivity index (χ3v) is 9.49.